The van der Waals surface area contributed by atoms with E-state index in [1.54, 1.807) is 0 Å². The van der Waals surface area contributed by atoms with Crippen LogP contribution in [0.4, 0.5) is 13.2 Å². The molecule has 2 aromatic rings. The van der Waals surface area contributed by atoms with Crippen molar-refractivity contribution in [1.82, 2.24) is 4.98 Å². The lowest BCUT2D eigenvalue weighted by Gasteiger charge is -2.16. The van der Waals surface area contributed by atoms with E-state index in [9.17, 15) is 13.2 Å². The molecule has 0 saturated carbocycles. The number of hydrogen-bond acceptors (Lipinski definition) is 2. The van der Waals surface area contributed by atoms with Crippen molar-refractivity contribution in [3.05, 3.63) is 45.0 Å². The van der Waals surface area contributed by atoms with Crippen molar-refractivity contribution in [2.75, 3.05) is 7.11 Å². The number of halogens is 6. The first-order valence-electron chi connectivity index (χ1n) is 5.50. The third-order valence-electron chi connectivity index (χ3n) is 2.68. The van der Waals surface area contributed by atoms with Gasteiger partial charge in [0, 0.05) is 11.8 Å². The Morgan fingerprint density at radius 1 is 1.05 bits per heavy atom. The highest BCUT2D eigenvalue weighted by atomic mass is 35.5. The normalized spacial score (nSPS) is 11.6. The van der Waals surface area contributed by atoms with Crippen LogP contribution in [0.3, 0.4) is 0 Å². The Morgan fingerprint density at radius 3 is 2.24 bits per heavy atom. The predicted octanol–water partition coefficient (Wildman–Crippen LogP) is 5.74. The van der Waals surface area contributed by atoms with Gasteiger partial charge in [-0.3, -0.25) is 4.98 Å². The number of methoxy groups -OCH3 is 1. The summed E-state index contributed by atoms with van der Waals surface area (Å²) in [6, 6.07) is 3.63. The number of nitrogens with zero attached hydrogens (tertiary/aromatic N) is 1. The van der Waals surface area contributed by atoms with Crippen LogP contribution in [0.2, 0.25) is 15.1 Å². The van der Waals surface area contributed by atoms with Crippen LogP contribution in [0.1, 0.15) is 5.56 Å². The molecule has 112 valence electrons. The number of pyridine rings is 1. The molecule has 0 saturated heterocycles. The van der Waals surface area contributed by atoms with Crippen LogP contribution >= 0.6 is 34.8 Å². The van der Waals surface area contributed by atoms with Crippen molar-refractivity contribution in [2.24, 2.45) is 0 Å². The van der Waals surface area contributed by atoms with Gasteiger partial charge in [0.05, 0.1) is 27.9 Å². The van der Waals surface area contributed by atoms with Gasteiger partial charge in [-0.15, -0.1) is 0 Å². The van der Waals surface area contributed by atoms with Crippen molar-refractivity contribution in [2.45, 2.75) is 6.18 Å². The number of rotatable bonds is 2. The Kier molecular flexibility index (Phi) is 4.56. The van der Waals surface area contributed by atoms with Gasteiger partial charge in [-0.25, -0.2) is 0 Å². The molecule has 0 N–H and O–H groups in total. The number of benzene rings is 1. The van der Waals surface area contributed by atoms with Crippen LogP contribution in [-0.2, 0) is 6.18 Å². The Bertz CT molecular complexity index is 689. The van der Waals surface area contributed by atoms with Crippen molar-refractivity contribution in [1.29, 1.82) is 0 Å². The highest BCUT2D eigenvalue weighted by Gasteiger charge is 2.38. The van der Waals surface area contributed by atoms with Crippen LogP contribution in [0.25, 0.3) is 11.3 Å². The molecule has 2 nitrogen and oxygen atoms in total. The minimum atomic E-state index is -4.66. The van der Waals surface area contributed by atoms with Crippen LogP contribution < -0.4 is 4.74 Å². The van der Waals surface area contributed by atoms with E-state index in [4.69, 9.17) is 39.5 Å². The Hall–Kier alpha value is -1.17. The highest BCUT2D eigenvalue weighted by Crippen LogP contribution is 2.44. The number of ether oxygens (including phenoxy) is 1. The second-order valence-corrected chi connectivity index (χ2v) is 5.20. The molecule has 1 aromatic carbocycles. The molecule has 0 aliphatic carbocycles. The SMILES string of the molecule is COc1ccnc(-c2cc(Cl)c(Cl)cc2Cl)c1C(F)(F)F. The zero-order valence-corrected chi connectivity index (χ0v) is 12.7. The lowest BCUT2D eigenvalue weighted by atomic mass is 10.0. The van der Waals surface area contributed by atoms with Gasteiger partial charge in [0.2, 0.25) is 0 Å². The quantitative estimate of drug-likeness (QED) is 0.640. The van der Waals surface area contributed by atoms with Crippen molar-refractivity contribution < 1.29 is 17.9 Å². The van der Waals surface area contributed by atoms with Crippen LogP contribution in [0.5, 0.6) is 5.75 Å². The van der Waals surface area contributed by atoms with Gasteiger partial charge in [-0.05, 0) is 18.2 Å². The average Bonchev–Trinajstić information content (AvgIpc) is 2.41. The first kappa shape index (κ1) is 16.2. The van der Waals surface area contributed by atoms with Gasteiger partial charge in [0.1, 0.15) is 11.3 Å². The maximum absolute atomic E-state index is 13.3. The molecule has 0 spiro atoms. The topological polar surface area (TPSA) is 22.1 Å². The van der Waals surface area contributed by atoms with E-state index in [0.717, 1.165) is 13.2 Å². The smallest absolute Gasteiger partial charge is 0.422 e. The Morgan fingerprint density at radius 2 is 1.67 bits per heavy atom. The van der Waals surface area contributed by atoms with Gasteiger partial charge in [-0.2, -0.15) is 13.2 Å². The summed E-state index contributed by atoms with van der Waals surface area (Å²) in [7, 11) is 1.14. The molecule has 1 heterocycles. The fourth-order valence-electron chi connectivity index (χ4n) is 1.80. The third-order valence-corrected chi connectivity index (χ3v) is 3.72. The summed E-state index contributed by atoms with van der Waals surface area (Å²) in [5, 5.41) is 0.228. The Balaban J connectivity index is 2.79. The Labute approximate surface area is 133 Å². The van der Waals surface area contributed by atoms with Gasteiger partial charge in [0.15, 0.2) is 0 Å². The second-order valence-electron chi connectivity index (χ2n) is 3.98. The molecule has 0 atom stereocenters. The maximum Gasteiger partial charge on any atom is 0.422 e. The summed E-state index contributed by atoms with van der Waals surface area (Å²) in [5.74, 6) is -0.352. The lowest BCUT2D eigenvalue weighted by molar-refractivity contribution is -0.138. The molecular formula is C13H7Cl3F3NO. The van der Waals surface area contributed by atoms with Gasteiger partial charge < -0.3 is 4.74 Å². The molecule has 1 aromatic heterocycles. The fraction of sp³-hybridized carbons (Fsp3) is 0.154. The molecule has 0 fully saturated rings. The minimum Gasteiger partial charge on any atom is -0.496 e. The van der Waals surface area contributed by atoms with Gasteiger partial charge in [-0.1, -0.05) is 34.8 Å². The molecule has 0 amide bonds. The summed E-state index contributed by atoms with van der Waals surface area (Å²) in [6.45, 7) is 0. The molecule has 2 rings (SSSR count). The molecule has 21 heavy (non-hydrogen) atoms. The maximum atomic E-state index is 13.3. The lowest BCUT2D eigenvalue weighted by Crippen LogP contribution is -2.11. The number of hydrogen-bond donors (Lipinski definition) is 0. The summed E-state index contributed by atoms with van der Waals surface area (Å²) in [6.07, 6.45) is -3.47. The molecular weight excluding hydrogens is 350 g/mol. The second kappa shape index (κ2) is 5.91. The van der Waals surface area contributed by atoms with E-state index >= 15 is 0 Å². The molecule has 0 radical (unpaired) electrons. The summed E-state index contributed by atoms with van der Waals surface area (Å²) < 4.78 is 44.6. The molecule has 8 heteroatoms. The first-order chi connectivity index (χ1) is 9.75. The summed E-state index contributed by atoms with van der Waals surface area (Å²) in [5.41, 5.74) is -1.37. The van der Waals surface area contributed by atoms with E-state index in [2.05, 4.69) is 4.98 Å². The van der Waals surface area contributed by atoms with E-state index in [-0.39, 0.29) is 32.1 Å². The van der Waals surface area contributed by atoms with Crippen molar-refractivity contribution >= 4 is 34.8 Å². The van der Waals surface area contributed by atoms with Crippen molar-refractivity contribution in [3.63, 3.8) is 0 Å². The van der Waals surface area contributed by atoms with Gasteiger partial charge >= 0.3 is 6.18 Å². The number of alkyl halides is 3. The zero-order chi connectivity index (χ0) is 15.8. The molecule has 0 bridgehead atoms. The number of aromatic nitrogens is 1. The van der Waals surface area contributed by atoms with Crippen LogP contribution in [0.15, 0.2) is 24.4 Å². The van der Waals surface area contributed by atoms with Crippen LogP contribution in [-0.4, -0.2) is 12.1 Å². The first-order valence-corrected chi connectivity index (χ1v) is 6.64. The van der Waals surface area contributed by atoms with E-state index in [1.807, 2.05) is 0 Å². The van der Waals surface area contributed by atoms with E-state index < -0.39 is 11.7 Å². The van der Waals surface area contributed by atoms with Crippen LogP contribution in [0, 0.1) is 0 Å². The fourth-order valence-corrected chi connectivity index (χ4v) is 2.43. The average molecular weight is 357 g/mol. The molecule has 0 aliphatic heterocycles. The summed E-state index contributed by atoms with van der Waals surface area (Å²) in [4.78, 5) is 3.77. The standard InChI is InChI=1S/C13H7Cl3F3NO/c1-21-10-2-3-20-12(11(10)13(17,18)19)6-4-8(15)9(16)5-7(6)14/h2-5H,1H3. The molecule has 0 aliphatic rings. The van der Waals surface area contributed by atoms with E-state index in [1.165, 1.54) is 18.3 Å². The van der Waals surface area contributed by atoms with E-state index in [0.29, 0.717) is 0 Å². The van der Waals surface area contributed by atoms with Crippen molar-refractivity contribution in [3.8, 4) is 17.0 Å². The van der Waals surface area contributed by atoms with Gasteiger partial charge in [0.25, 0.3) is 0 Å². The minimum absolute atomic E-state index is 0.00986. The third kappa shape index (κ3) is 3.20. The summed E-state index contributed by atoms with van der Waals surface area (Å²) >= 11 is 17.6. The highest BCUT2D eigenvalue weighted by molar-refractivity contribution is 6.44. The molecule has 0 unspecified atom stereocenters. The predicted molar refractivity (Wildman–Crippen MR) is 76.3 cm³/mol. The monoisotopic (exact) mass is 355 g/mol. The largest absolute Gasteiger partial charge is 0.496 e. The zero-order valence-electron chi connectivity index (χ0n) is 10.4.